The van der Waals surface area contributed by atoms with E-state index in [1.165, 1.54) is 12.8 Å². The molecule has 0 bridgehead atoms. The molecule has 1 saturated carbocycles. The van der Waals surface area contributed by atoms with Crippen molar-refractivity contribution in [1.29, 1.82) is 0 Å². The summed E-state index contributed by atoms with van der Waals surface area (Å²) in [6.45, 7) is 0. The molecular weight excluding hydrogens is 228 g/mol. The fraction of sp³-hybridized carbons (Fsp3) is 0.357. The fourth-order valence-corrected chi connectivity index (χ4v) is 2.75. The van der Waals surface area contributed by atoms with Crippen LogP contribution in [0.4, 0.5) is 5.82 Å². The van der Waals surface area contributed by atoms with Crippen LogP contribution in [-0.4, -0.2) is 22.1 Å². The first-order chi connectivity index (χ1) is 8.75. The van der Waals surface area contributed by atoms with Gasteiger partial charge in [0.25, 0.3) is 0 Å². The Morgan fingerprint density at radius 3 is 2.72 bits per heavy atom. The van der Waals surface area contributed by atoms with Crippen molar-refractivity contribution in [2.24, 2.45) is 0 Å². The third-order valence-electron chi connectivity index (χ3n) is 3.62. The number of hydrogen-bond acceptors (Lipinski definition) is 2. The molecule has 1 aromatic carbocycles. The number of carbonyl (C=O) groups is 1. The van der Waals surface area contributed by atoms with Crippen LogP contribution in [0.3, 0.4) is 0 Å². The molecule has 0 radical (unpaired) electrons. The minimum absolute atomic E-state index is 0.359. The molecule has 1 fully saturated rings. The summed E-state index contributed by atoms with van der Waals surface area (Å²) in [6, 6.07) is 7.92. The number of anilines is 1. The molecule has 1 aromatic heterocycles. The number of para-hydroxylation sites is 1. The number of benzene rings is 1. The van der Waals surface area contributed by atoms with E-state index in [-0.39, 0.29) is 0 Å². The number of fused-ring (bicyclic) bond motifs is 1. The number of rotatable bonds is 3. The van der Waals surface area contributed by atoms with E-state index in [0.29, 0.717) is 17.4 Å². The van der Waals surface area contributed by atoms with Crippen LogP contribution < -0.4 is 5.32 Å². The van der Waals surface area contributed by atoms with Gasteiger partial charge in [0.2, 0.25) is 0 Å². The lowest BCUT2D eigenvalue weighted by Crippen LogP contribution is -2.16. The van der Waals surface area contributed by atoms with E-state index in [1.54, 1.807) is 0 Å². The van der Waals surface area contributed by atoms with Crippen LogP contribution in [0, 0.1) is 0 Å². The second-order valence-electron chi connectivity index (χ2n) is 4.85. The van der Waals surface area contributed by atoms with Crippen molar-refractivity contribution in [3.05, 3.63) is 29.8 Å². The van der Waals surface area contributed by atoms with Gasteiger partial charge in [0.05, 0.1) is 0 Å². The molecule has 1 heterocycles. The first kappa shape index (κ1) is 11.1. The Morgan fingerprint density at radius 1 is 1.28 bits per heavy atom. The summed E-state index contributed by atoms with van der Waals surface area (Å²) in [4.78, 5) is 14.6. The van der Waals surface area contributed by atoms with Gasteiger partial charge in [0.1, 0.15) is 11.4 Å². The van der Waals surface area contributed by atoms with E-state index >= 15 is 0 Å². The highest BCUT2D eigenvalue weighted by Crippen LogP contribution is 2.29. The molecular formula is C14H16N2O2. The Balaban J connectivity index is 2.03. The smallest absolute Gasteiger partial charge is 0.340 e. The number of nitrogens with one attached hydrogen (secondary N) is 2. The first-order valence-electron chi connectivity index (χ1n) is 6.36. The second-order valence-corrected chi connectivity index (χ2v) is 4.85. The summed E-state index contributed by atoms with van der Waals surface area (Å²) in [6.07, 6.45) is 4.68. The standard InChI is InChI=1S/C14H16N2O2/c17-14(18)12-10-7-3-4-8-11(10)16-13(12)15-9-5-1-2-6-9/h3-4,7-9,15-16H,1-2,5-6H2,(H,17,18). The molecule has 0 unspecified atom stereocenters. The minimum Gasteiger partial charge on any atom is -0.478 e. The molecule has 18 heavy (non-hydrogen) atoms. The lowest BCUT2D eigenvalue weighted by Gasteiger charge is -2.12. The van der Waals surface area contributed by atoms with Crippen LogP contribution in [0.1, 0.15) is 36.0 Å². The summed E-state index contributed by atoms with van der Waals surface area (Å²) in [5.41, 5.74) is 1.23. The monoisotopic (exact) mass is 244 g/mol. The average molecular weight is 244 g/mol. The van der Waals surface area contributed by atoms with Crippen molar-refractivity contribution in [3.63, 3.8) is 0 Å². The van der Waals surface area contributed by atoms with E-state index in [4.69, 9.17) is 0 Å². The van der Waals surface area contributed by atoms with Gasteiger partial charge in [-0.2, -0.15) is 0 Å². The Morgan fingerprint density at radius 2 is 2.00 bits per heavy atom. The van der Waals surface area contributed by atoms with E-state index in [2.05, 4.69) is 10.3 Å². The highest BCUT2D eigenvalue weighted by Gasteiger charge is 2.21. The van der Waals surface area contributed by atoms with Crippen LogP contribution in [0.5, 0.6) is 0 Å². The highest BCUT2D eigenvalue weighted by molar-refractivity contribution is 6.08. The Bertz CT molecular complexity index is 582. The van der Waals surface area contributed by atoms with Gasteiger partial charge < -0.3 is 15.4 Å². The van der Waals surface area contributed by atoms with Crippen molar-refractivity contribution in [2.75, 3.05) is 5.32 Å². The predicted molar refractivity (Wildman–Crippen MR) is 71.1 cm³/mol. The molecule has 4 heteroatoms. The van der Waals surface area contributed by atoms with Crippen LogP contribution >= 0.6 is 0 Å². The van der Waals surface area contributed by atoms with Crippen molar-refractivity contribution >= 4 is 22.7 Å². The van der Waals surface area contributed by atoms with E-state index < -0.39 is 5.97 Å². The summed E-state index contributed by atoms with van der Waals surface area (Å²) in [5, 5.41) is 13.5. The predicted octanol–water partition coefficient (Wildman–Crippen LogP) is 3.22. The summed E-state index contributed by atoms with van der Waals surface area (Å²) in [7, 11) is 0. The van der Waals surface area contributed by atoms with Gasteiger partial charge >= 0.3 is 5.97 Å². The zero-order chi connectivity index (χ0) is 12.5. The van der Waals surface area contributed by atoms with E-state index in [1.807, 2.05) is 24.3 Å². The molecule has 0 aliphatic heterocycles. The summed E-state index contributed by atoms with van der Waals surface area (Å²) >= 11 is 0. The number of hydrogen-bond donors (Lipinski definition) is 3. The molecule has 2 aromatic rings. The van der Waals surface area contributed by atoms with E-state index in [9.17, 15) is 9.90 Å². The SMILES string of the molecule is O=C(O)c1c(NC2CCCC2)[nH]c2ccccc12. The molecule has 94 valence electrons. The topological polar surface area (TPSA) is 65.1 Å². The molecule has 1 aliphatic rings. The lowest BCUT2D eigenvalue weighted by molar-refractivity contribution is 0.0700. The van der Waals surface area contributed by atoms with Gasteiger partial charge in [0.15, 0.2) is 0 Å². The molecule has 4 nitrogen and oxygen atoms in total. The molecule has 0 atom stereocenters. The second kappa shape index (κ2) is 4.37. The fourth-order valence-electron chi connectivity index (χ4n) is 2.75. The van der Waals surface area contributed by atoms with Gasteiger partial charge in [0, 0.05) is 16.9 Å². The largest absolute Gasteiger partial charge is 0.478 e. The van der Waals surface area contributed by atoms with Crippen molar-refractivity contribution in [3.8, 4) is 0 Å². The highest BCUT2D eigenvalue weighted by atomic mass is 16.4. The van der Waals surface area contributed by atoms with Crippen LogP contribution in [-0.2, 0) is 0 Å². The van der Waals surface area contributed by atoms with Crippen molar-refractivity contribution < 1.29 is 9.90 Å². The maximum Gasteiger partial charge on any atom is 0.340 e. The Labute approximate surface area is 105 Å². The van der Waals surface area contributed by atoms with Gasteiger partial charge in [-0.1, -0.05) is 31.0 Å². The maximum atomic E-state index is 11.4. The first-order valence-corrected chi connectivity index (χ1v) is 6.36. The van der Waals surface area contributed by atoms with Gasteiger partial charge in [-0.25, -0.2) is 4.79 Å². The zero-order valence-electron chi connectivity index (χ0n) is 10.1. The quantitative estimate of drug-likeness (QED) is 0.776. The molecule has 0 amide bonds. The Hall–Kier alpha value is -1.97. The van der Waals surface area contributed by atoms with Crippen LogP contribution in [0.2, 0.25) is 0 Å². The lowest BCUT2D eigenvalue weighted by atomic mass is 10.1. The molecule has 0 saturated heterocycles. The number of carboxylic acid groups (broad SMARTS) is 1. The van der Waals surface area contributed by atoms with Gasteiger partial charge in [-0.05, 0) is 18.9 Å². The normalized spacial score (nSPS) is 16.2. The Kier molecular flexibility index (Phi) is 2.70. The van der Waals surface area contributed by atoms with Crippen LogP contribution in [0.25, 0.3) is 10.9 Å². The van der Waals surface area contributed by atoms with Crippen molar-refractivity contribution in [2.45, 2.75) is 31.7 Å². The number of aromatic nitrogens is 1. The molecule has 3 rings (SSSR count). The van der Waals surface area contributed by atoms with Crippen LogP contribution in [0.15, 0.2) is 24.3 Å². The van der Waals surface area contributed by atoms with Crippen molar-refractivity contribution in [1.82, 2.24) is 4.98 Å². The zero-order valence-corrected chi connectivity index (χ0v) is 10.1. The maximum absolute atomic E-state index is 11.4. The number of carboxylic acids is 1. The average Bonchev–Trinajstić information content (AvgIpc) is 2.95. The molecule has 0 spiro atoms. The molecule has 1 aliphatic carbocycles. The third-order valence-corrected chi connectivity index (χ3v) is 3.62. The van der Waals surface area contributed by atoms with Gasteiger partial charge in [-0.15, -0.1) is 0 Å². The summed E-state index contributed by atoms with van der Waals surface area (Å²) < 4.78 is 0. The minimum atomic E-state index is -0.882. The van der Waals surface area contributed by atoms with E-state index in [0.717, 1.165) is 23.7 Å². The number of aromatic amines is 1. The number of aromatic carboxylic acids is 1. The summed E-state index contributed by atoms with van der Waals surface area (Å²) in [5.74, 6) is -0.233. The number of H-pyrrole nitrogens is 1. The third kappa shape index (κ3) is 1.83. The molecule has 3 N–H and O–H groups in total. The van der Waals surface area contributed by atoms with Gasteiger partial charge in [-0.3, -0.25) is 0 Å².